The Morgan fingerprint density at radius 3 is 2.43 bits per heavy atom. The summed E-state index contributed by atoms with van der Waals surface area (Å²) in [7, 11) is 0.993. The zero-order chi connectivity index (χ0) is 26.1. The van der Waals surface area contributed by atoms with E-state index in [0.29, 0.717) is 0 Å². The van der Waals surface area contributed by atoms with E-state index in [9.17, 15) is 31.1 Å². The summed E-state index contributed by atoms with van der Waals surface area (Å²) in [5.41, 5.74) is -3.03. The second-order valence-electron chi connectivity index (χ2n) is 7.87. The molecule has 35 heavy (non-hydrogen) atoms. The predicted molar refractivity (Wildman–Crippen MR) is 107 cm³/mol. The van der Waals surface area contributed by atoms with E-state index in [1.54, 1.807) is 0 Å². The number of benzene rings is 1. The lowest BCUT2D eigenvalue weighted by atomic mass is 9.77. The van der Waals surface area contributed by atoms with Crippen molar-refractivity contribution < 1.29 is 50.5 Å². The SMILES string of the molecule is COc1c(C2C(C(=O)Nc3cnc(CO)nc3)OC(C)(C(F)(F)F)C2C)ccc(OC(F)F)c1F. The van der Waals surface area contributed by atoms with E-state index in [1.807, 2.05) is 0 Å². The minimum Gasteiger partial charge on any atom is -0.493 e. The van der Waals surface area contributed by atoms with Crippen molar-refractivity contribution in [3.05, 3.63) is 41.7 Å². The van der Waals surface area contributed by atoms with Gasteiger partial charge in [-0.1, -0.05) is 13.0 Å². The third-order valence-electron chi connectivity index (χ3n) is 5.91. The normalized spacial score (nSPS) is 24.5. The Morgan fingerprint density at radius 1 is 1.29 bits per heavy atom. The fraction of sp³-hybridized carbons (Fsp3) is 0.476. The molecule has 1 aromatic heterocycles. The summed E-state index contributed by atoms with van der Waals surface area (Å²) in [6, 6.07) is 1.86. The van der Waals surface area contributed by atoms with Crippen LogP contribution in [0.2, 0.25) is 0 Å². The molecule has 0 spiro atoms. The van der Waals surface area contributed by atoms with Crippen LogP contribution < -0.4 is 14.8 Å². The molecule has 1 amide bonds. The molecule has 8 nitrogen and oxygen atoms in total. The zero-order valence-electron chi connectivity index (χ0n) is 18.6. The highest BCUT2D eigenvalue weighted by Crippen LogP contribution is 2.55. The van der Waals surface area contributed by atoms with Crippen molar-refractivity contribution in [2.45, 2.75) is 50.9 Å². The van der Waals surface area contributed by atoms with E-state index in [1.165, 1.54) is 6.92 Å². The van der Waals surface area contributed by atoms with Gasteiger partial charge in [-0.05, 0) is 13.0 Å². The van der Waals surface area contributed by atoms with Gasteiger partial charge in [-0.25, -0.2) is 9.97 Å². The van der Waals surface area contributed by atoms with E-state index in [2.05, 4.69) is 20.0 Å². The van der Waals surface area contributed by atoms with E-state index >= 15 is 0 Å². The Kier molecular flexibility index (Phi) is 7.45. The number of aliphatic hydroxyl groups is 1. The van der Waals surface area contributed by atoms with E-state index in [-0.39, 0.29) is 17.1 Å². The number of carbonyl (C=O) groups is 1. The molecule has 1 saturated heterocycles. The Labute approximate surface area is 195 Å². The minimum atomic E-state index is -4.92. The van der Waals surface area contributed by atoms with Gasteiger partial charge in [0.1, 0.15) is 12.7 Å². The second kappa shape index (κ2) is 9.85. The molecule has 0 radical (unpaired) electrons. The maximum Gasteiger partial charge on any atom is 0.417 e. The van der Waals surface area contributed by atoms with Gasteiger partial charge in [0.15, 0.2) is 22.9 Å². The lowest BCUT2D eigenvalue weighted by Gasteiger charge is -2.32. The fourth-order valence-electron chi connectivity index (χ4n) is 3.95. The van der Waals surface area contributed by atoms with Crippen LogP contribution in [-0.4, -0.2) is 52.6 Å². The van der Waals surface area contributed by atoms with Crippen molar-refractivity contribution in [3.63, 3.8) is 0 Å². The van der Waals surface area contributed by atoms with Crippen LogP contribution in [-0.2, 0) is 16.1 Å². The lowest BCUT2D eigenvalue weighted by Crippen LogP contribution is -2.47. The largest absolute Gasteiger partial charge is 0.493 e. The Morgan fingerprint density at radius 2 is 1.91 bits per heavy atom. The Bertz CT molecular complexity index is 1070. The number of amides is 1. The Balaban J connectivity index is 2.06. The summed E-state index contributed by atoms with van der Waals surface area (Å²) in [5.74, 6) is -6.75. The molecule has 2 heterocycles. The average molecular weight is 509 g/mol. The van der Waals surface area contributed by atoms with Crippen LogP contribution in [0.5, 0.6) is 11.5 Å². The summed E-state index contributed by atoms with van der Waals surface area (Å²) in [4.78, 5) is 20.6. The van der Waals surface area contributed by atoms with Crippen LogP contribution in [0.3, 0.4) is 0 Å². The number of aromatic nitrogens is 2. The summed E-state index contributed by atoms with van der Waals surface area (Å²) < 4.78 is 96.4. The van der Waals surface area contributed by atoms with Gasteiger partial charge in [0.05, 0.1) is 25.2 Å². The highest BCUT2D eigenvalue weighted by molar-refractivity contribution is 5.95. The van der Waals surface area contributed by atoms with Crippen molar-refractivity contribution in [1.29, 1.82) is 0 Å². The molecule has 1 fully saturated rings. The van der Waals surface area contributed by atoms with E-state index < -0.39 is 66.2 Å². The minimum absolute atomic E-state index is 0.00152. The van der Waals surface area contributed by atoms with Crippen LogP contribution in [0.4, 0.5) is 32.0 Å². The lowest BCUT2D eigenvalue weighted by molar-refractivity contribution is -0.272. The van der Waals surface area contributed by atoms with Gasteiger partial charge in [-0.2, -0.15) is 26.3 Å². The first-order chi connectivity index (χ1) is 16.3. The first kappa shape index (κ1) is 26.5. The topological polar surface area (TPSA) is 103 Å². The molecular weight excluding hydrogens is 488 g/mol. The number of hydrogen-bond acceptors (Lipinski definition) is 7. The molecule has 14 heteroatoms. The van der Waals surface area contributed by atoms with Crippen molar-refractivity contribution in [2.24, 2.45) is 5.92 Å². The van der Waals surface area contributed by atoms with Crippen molar-refractivity contribution in [2.75, 3.05) is 12.4 Å². The first-order valence-electron chi connectivity index (χ1n) is 10.1. The third-order valence-corrected chi connectivity index (χ3v) is 5.91. The predicted octanol–water partition coefficient (Wildman–Crippen LogP) is 3.80. The first-order valence-corrected chi connectivity index (χ1v) is 10.1. The molecular formula is C21H21F6N3O5. The molecule has 2 aromatic rings. The fourth-order valence-corrected chi connectivity index (χ4v) is 3.95. The van der Waals surface area contributed by atoms with Crippen molar-refractivity contribution in [1.82, 2.24) is 9.97 Å². The summed E-state index contributed by atoms with van der Waals surface area (Å²) >= 11 is 0. The van der Waals surface area contributed by atoms with Crippen LogP contribution in [0, 0.1) is 11.7 Å². The molecule has 4 atom stereocenters. The average Bonchev–Trinajstić information content (AvgIpc) is 3.07. The quantitative estimate of drug-likeness (QED) is 0.548. The highest BCUT2D eigenvalue weighted by atomic mass is 19.4. The number of rotatable bonds is 7. The zero-order valence-corrected chi connectivity index (χ0v) is 18.6. The number of anilines is 1. The molecule has 1 aromatic carbocycles. The molecule has 4 unspecified atom stereocenters. The van der Waals surface area contributed by atoms with Crippen molar-refractivity contribution in [3.8, 4) is 11.5 Å². The van der Waals surface area contributed by atoms with Gasteiger partial charge in [-0.3, -0.25) is 4.79 Å². The summed E-state index contributed by atoms with van der Waals surface area (Å²) in [5, 5.41) is 11.4. The molecule has 1 aliphatic heterocycles. The number of nitrogens with zero attached hydrogens (tertiary/aromatic N) is 2. The van der Waals surface area contributed by atoms with Gasteiger partial charge in [0, 0.05) is 17.4 Å². The van der Waals surface area contributed by atoms with Gasteiger partial charge < -0.3 is 24.6 Å². The number of ether oxygens (including phenoxy) is 3. The molecule has 1 aliphatic rings. The maximum atomic E-state index is 14.9. The number of aliphatic hydroxyl groups excluding tert-OH is 1. The summed E-state index contributed by atoms with van der Waals surface area (Å²) in [6.45, 7) is -1.90. The molecule has 3 rings (SSSR count). The third kappa shape index (κ3) is 4.98. The number of nitrogens with one attached hydrogen (secondary N) is 1. The second-order valence-corrected chi connectivity index (χ2v) is 7.87. The molecule has 2 N–H and O–H groups in total. The molecule has 192 valence electrons. The molecule has 0 aliphatic carbocycles. The molecule has 0 bridgehead atoms. The number of carbonyl (C=O) groups excluding carboxylic acids is 1. The maximum absolute atomic E-state index is 14.9. The van der Waals surface area contributed by atoms with Crippen LogP contribution in [0.15, 0.2) is 24.5 Å². The van der Waals surface area contributed by atoms with Crippen LogP contribution in [0.1, 0.15) is 31.2 Å². The monoisotopic (exact) mass is 509 g/mol. The number of alkyl halides is 5. The van der Waals surface area contributed by atoms with Gasteiger partial charge in [0.25, 0.3) is 5.91 Å². The van der Waals surface area contributed by atoms with Crippen molar-refractivity contribution >= 4 is 11.6 Å². The van der Waals surface area contributed by atoms with Crippen LogP contribution in [0.25, 0.3) is 0 Å². The van der Waals surface area contributed by atoms with E-state index in [0.717, 1.165) is 38.6 Å². The number of halogens is 6. The van der Waals surface area contributed by atoms with Gasteiger partial charge in [0.2, 0.25) is 5.82 Å². The smallest absolute Gasteiger partial charge is 0.417 e. The standard InChI is InChI=1S/C21H21F6N3O5/c1-9-14(11-4-5-12(34-19(23)24)15(22)16(11)33-3)17(35-20(9,2)21(25,26)27)18(32)30-10-6-28-13(8-31)29-7-10/h4-7,9,14,17,19,31H,8H2,1-3H3,(H,30,32). The Hall–Kier alpha value is -3.13. The molecule has 0 saturated carbocycles. The number of methoxy groups -OCH3 is 1. The van der Waals surface area contributed by atoms with Crippen LogP contribution >= 0.6 is 0 Å². The van der Waals surface area contributed by atoms with E-state index in [4.69, 9.17) is 14.6 Å². The highest BCUT2D eigenvalue weighted by Gasteiger charge is 2.66. The summed E-state index contributed by atoms with van der Waals surface area (Å²) in [6.07, 6.45) is -4.47. The number of hydrogen-bond donors (Lipinski definition) is 2. The van der Waals surface area contributed by atoms with Gasteiger partial charge in [-0.15, -0.1) is 0 Å². The van der Waals surface area contributed by atoms with Gasteiger partial charge >= 0.3 is 12.8 Å².